The van der Waals surface area contributed by atoms with Crippen LogP contribution in [0.1, 0.15) is 31.1 Å². The molecule has 0 bridgehead atoms. The molecule has 8 nitrogen and oxygen atoms in total. The van der Waals surface area contributed by atoms with Gasteiger partial charge in [-0.3, -0.25) is 14.9 Å². The average molecular weight is 597 g/mol. The van der Waals surface area contributed by atoms with Crippen LogP contribution in [0.3, 0.4) is 0 Å². The Hall–Kier alpha value is -1.70. The highest BCUT2D eigenvalue weighted by atomic mass is 127. The summed E-state index contributed by atoms with van der Waals surface area (Å²) in [6, 6.07) is 4.43. The Morgan fingerprint density at radius 1 is 1.37 bits per heavy atom. The number of nitrogens with one attached hydrogen (secondary N) is 1. The Balaban J connectivity index is 2.48. The van der Waals surface area contributed by atoms with Gasteiger partial charge in [0, 0.05) is 15.8 Å². The number of anilines is 1. The van der Waals surface area contributed by atoms with Gasteiger partial charge in [0.1, 0.15) is 5.82 Å². The van der Waals surface area contributed by atoms with Crippen LogP contribution in [-0.2, 0) is 0 Å². The fraction of sp³-hybridized carbons (Fsp3) is 0.294. The fourth-order valence-electron chi connectivity index (χ4n) is 2.17. The van der Waals surface area contributed by atoms with E-state index in [0.29, 0.717) is 5.82 Å². The first-order valence-electron chi connectivity index (χ1n) is 7.97. The molecule has 0 saturated carbocycles. The number of pyridine rings is 1. The molecule has 0 atom stereocenters. The molecule has 2 aromatic rings. The molecule has 0 aliphatic carbocycles. The number of hydrogen-bond acceptors (Lipinski definition) is 6. The molecule has 0 aliphatic heterocycles. The van der Waals surface area contributed by atoms with Gasteiger partial charge in [-0.2, -0.15) is 0 Å². The van der Waals surface area contributed by atoms with Crippen molar-refractivity contribution in [3.8, 4) is 11.5 Å². The minimum atomic E-state index is -0.595. The highest BCUT2D eigenvalue weighted by Crippen LogP contribution is 2.39. The minimum Gasteiger partial charge on any atom is -0.487 e. The second-order valence-electron chi connectivity index (χ2n) is 5.59. The Morgan fingerprint density at radius 3 is 2.67 bits per heavy atom. The maximum atomic E-state index is 12.7. The molecule has 0 unspecified atom stereocenters. The first kappa shape index (κ1) is 21.6. The van der Waals surface area contributed by atoms with Gasteiger partial charge in [-0.1, -0.05) is 0 Å². The van der Waals surface area contributed by atoms with E-state index in [0.717, 1.165) is 7.14 Å². The lowest BCUT2D eigenvalue weighted by molar-refractivity contribution is -0.386. The van der Waals surface area contributed by atoms with E-state index < -0.39 is 10.8 Å². The predicted octanol–water partition coefficient (Wildman–Crippen LogP) is 4.64. The van der Waals surface area contributed by atoms with Crippen LogP contribution in [0.5, 0.6) is 11.5 Å². The zero-order valence-electron chi connectivity index (χ0n) is 14.8. The summed E-state index contributed by atoms with van der Waals surface area (Å²) in [7, 11) is 0. The Bertz CT molecular complexity index is 874. The zero-order chi connectivity index (χ0) is 20.1. The summed E-state index contributed by atoms with van der Waals surface area (Å²) >= 11 is 4.21. The maximum Gasteiger partial charge on any atom is 0.315 e. The van der Waals surface area contributed by atoms with E-state index in [1.807, 2.05) is 6.07 Å². The molecule has 1 N–H and O–H groups in total. The molecule has 2 rings (SSSR count). The van der Waals surface area contributed by atoms with Gasteiger partial charge in [-0.25, -0.2) is 4.98 Å². The zero-order valence-corrected chi connectivity index (χ0v) is 19.1. The van der Waals surface area contributed by atoms with Crippen molar-refractivity contribution in [2.24, 2.45) is 0 Å². The lowest BCUT2D eigenvalue weighted by Gasteiger charge is -2.16. The van der Waals surface area contributed by atoms with Gasteiger partial charge < -0.3 is 14.8 Å². The van der Waals surface area contributed by atoms with Crippen LogP contribution < -0.4 is 14.8 Å². The van der Waals surface area contributed by atoms with Gasteiger partial charge in [0.15, 0.2) is 5.75 Å². The number of hydrogen-bond donors (Lipinski definition) is 1. The van der Waals surface area contributed by atoms with E-state index in [4.69, 9.17) is 9.47 Å². The van der Waals surface area contributed by atoms with Gasteiger partial charge in [0.05, 0.1) is 26.8 Å². The quantitative estimate of drug-likeness (QED) is 0.284. The number of halogens is 2. The van der Waals surface area contributed by atoms with Crippen LogP contribution >= 0.6 is 45.2 Å². The van der Waals surface area contributed by atoms with Crippen molar-refractivity contribution in [3.05, 3.63) is 47.2 Å². The molecule has 1 amide bonds. The molecule has 0 saturated heterocycles. The number of ether oxygens (including phenoxy) is 2. The van der Waals surface area contributed by atoms with E-state index in [1.54, 1.807) is 27.0 Å². The third-order valence-electron chi connectivity index (χ3n) is 3.22. The van der Waals surface area contributed by atoms with Crippen molar-refractivity contribution in [1.29, 1.82) is 0 Å². The van der Waals surface area contributed by atoms with Crippen molar-refractivity contribution in [3.63, 3.8) is 0 Å². The number of nitro groups is 1. The van der Waals surface area contributed by atoms with E-state index in [9.17, 15) is 14.9 Å². The Morgan fingerprint density at radius 2 is 2.07 bits per heavy atom. The van der Waals surface area contributed by atoms with Gasteiger partial charge in [-0.05, 0) is 78.1 Å². The predicted molar refractivity (Wildman–Crippen MR) is 118 cm³/mol. The maximum absolute atomic E-state index is 12.7. The lowest BCUT2D eigenvalue weighted by atomic mass is 10.1. The molecule has 0 aliphatic rings. The van der Waals surface area contributed by atoms with Crippen LogP contribution in [-0.4, -0.2) is 28.5 Å². The van der Waals surface area contributed by atoms with E-state index in [1.165, 1.54) is 12.1 Å². The van der Waals surface area contributed by atoms with Crippen molar-refractivity contribution >= 4 is 62.6 Å². The van der Waals surface area contributed by atoms with Crippen molar-refractivity contribution in [2.75, 3.05) is 11.9 Å². The molecular weight excluding hydrogens is 580 g/mol. The lowest BCUT2D eigenvalue weighted by Crippen LogP contribution is -2.16. The summed E-state index contributed by atoms with van der Waals surface area (Å²) in [6.07, 6.45) is 1.33. The van der Waals surface area contributed by atoms with Crippen molar-refractivity contribution in [1.82, 2.24) is 4.98 Å². The fourth-order valence-corrected chi connectivity index (χ4v) is 3.04. The minimum absolute atomic E-state index is 0.00900. The van der Waals surface area contributed by atoms with Crippen LogP contribution in [0.4, 0.5) is 11.5 Å². The van der Waals surface area contributed by atoms with Gasteiger partial charge in [0.25, 0.3) is 5.91 Å². The van der Waals surface area contributed by atoms with Gasteiger partial charge in [-0.15, -0.1) is 0 Å². The third kappa shape index (κ3) is 5.40. The van der Waals surface area contributed by atoms with Crippen molar-refractivity contribution in [2.45, 2.75) is 26.9 Å². The SMILES string of the molecule is CCOc1c(OC(C)C)cc(C(=O)Nc2nccc(I)c2I)cc1[N+](=O)[O-]. The molecule has 0 fully saturated rings. The Labute approximate surface area is 183 Å². The molecule has 10 heteroatoms. The number of benzene rings is 1. The van der Waals surface area contributed by atoms with E-state index in [2.05, 4.69) is 55.5 Å². The molecule has 144 valence electrons. The topological polar surface area (TPSA) is 104 Å². The molecule has 0 radical (unpaired) electrons. The number of rotatable bonds is 7. The number of nitro benzene ring substituents is 1. The summed E-state index contributed by atoms with van der Waals surface area (Å²) < 4.78 is 12.8. The summed E-state index contributed by atoms with van der Waals surface area (Å²) in [4.78, 5) is 27.7. The summed E-state index contributed by atoms with van der Waals surface area (Å²) in [5, 5.41) is 14.2. The van der Waals surface area contributed by atoms with Crippen molar-refractivity contribution < 1.29 is 19.2 Å². The molecule has 0 spiro atoms. The molecular formula is C17H17I2N3O5. The monoisotopic (exact) mass is 597 g/mol. The largest absolute Gasteiger partial charge is 0.487 e. The first-order valence-corrected chi connectivity index (χ1v) is 10.1. The number of amides is 1. The highest BCUT2D eigenvalue weighted by molar-refractivity contribution is 14.1. The second kappa shape index (κ2) is 9.48. The second-order valence-corrected chi connectivity index (χ2v) is 7.83. The number of carbonyl (C=O) groups is 1. The standard InChI is InChI=1S/C17H17I2N3O5/c1-4-26-15-12(22(24)25)7-10(8-13(15)27-9(2)3)17(23)21-16-14(19)11(18)5-6-20-16/h5-9H,4H2,1-3H3,(H,20,21,23). The molecule has 1 aromatic heterocycles. The number of aromatic nitrogens is 1. The summed E-state index contributed by atoms with van der Waals surface area (Å²) in [6.45, 7) is 5.51. The third-order valence-corrected chi connectivity index (χ3v) is 6.24. The molecule has 1 aromatic carbocycles. The highest BCUT2D eigenvalue weighted by Gasteiger charge is 2.25. The first-order chi connectivity index (χ1) is 12.7. The smallest absolute Gasteiger partial charge is 0.315 e. The summed E-state index contributed by atoms with van der Waals surface area (Å²) in [5.74, 6) is 0.0174. The van der Waals surface area contributed by atoms with E-state index >= 15 is 0 Å². The number of nitrogens with zero attached hydrogens (tertiary/aromatic N) is 2. The van der Waals surface area contributed by atoms with Gasteiger partial charge >= 0.3 is 5.69 Å². The summed E-state index contributed by atoms with van der Waals surface area (Å²) in [5.41, 5.74) is -0.247. The van der Waals surface area contributed by atoms with Gasteiger partial charge in [0.2, 0.25) is 5.75 Å². The normalized spacial score (nSPS) is 10.6. The number of carbonyl (C=O) groups excluding carboxylic acids is 1. The van der Waals surface area contributed by atoms with Crippen LogP contribution in [0, 0.1) is 17.3 Å². The van der Waals surface area contributed by atoms with Crippen LogP contribution in [0.2, 0.25) is 0 Å². The Kier molecular flexibility index (Phi) is 7.59. The molecule has 27 heavy (non-hydrogen) atoms. The van der Waals surface area contributed by atoms with Crippen LogP contribution in [0.15, 0.2) is 24.4 Å². The van der Waals surface area contributed by atoms with E-state index in [-0.39, 0.29) is 35.5 Å². The van der Waals surface area contributed by atoms with Crippen LogP contribution in [0.25, 0.3) is 0 Å². The molecule has 1 heterocycles. The average Bonchev–Trinajstić information content (AvgIpc) is 2.59.